The number of anilines is 2. The highest BCUT2D eigenvalue weighted by Crippen LogP contribution is 2.40. The van der Waals surface area contributed by atoms with Gasteiger partial charge in [0, 0.05) is 47.4 Å². The zero-order valence-electron chi connectivity index (χ0n) is 27.5. The van der Waals surface area contributed by atoms with Crippen LogP contribution in [0.25, 0.3) is 5.69 Å². The molecular weight excluding hydrogens is 686 g/mol. The molecule has 3 aromatic carbocycles. The SMILES string of the molecule is COc1cc(NC(C(=O)N2CCc3cc(F)c(OC(F)(F)F)cc32)c2ccc(Cl)cc2OCCCC(=O)OC(C)(C)C)cc(-n2cncn2)c1. The number of rotatable bonds is 12. The number of alkyl halides is 3. The van der Waals surface area contributed by atoms with Gasteiger partial charge in [0.25, 0.3) is 5.91 Å². The summed E-state index contributed by atoms with van der Waals surface area (Å²) in [5, 5.41) is 7.68. The van der Waals surface area contributed by atoms with Crippen molar-refractivity contribution in [3.05, 3.63) is 83.2 Å². The quantitative estimate of drug-likeness (QED) is 0.0921. The van der Waals surface area contributed by atoms with Crippen molar-refractivity contribution in [2.75, 3.05) is 30.5 Å². The van der Waals surface area contributed by atoms with Gasteiger partial charge in [-0.1, -0.05) is 17.7 Å². The summed E-state index contributed by atoms with van der Waals surface area (Å²) >= 11 is 6.35. The Morgan fingerprint density at radius 2 is 1.84 bits per heavy atom. The summed E-state index contributed by atoms with van der Waals surface area (Å²) in [7, 11) is 1.47. The van der Waals surface area contributed by atoms with Crippen LogP contribution < -0.4 is 24.4 Å². The first-order valence-electron chi connectivity index (χ1n) is 15.4. The predicted octanol–water partition coefficient (Wildman–Crippen LogP) is 7.21. The topological polar surface area (TPSA) is 117 Å². The van der Waals surface area contributed by atoms with Crippen molar-refractivity contribution in [2.45, 2.75) is 58.0 Å². The number of fused-ring (bicyclic) bond motifs is 1. The van der Waals surface area contributed by atoms with E-state index in [1.54, 1.807) is 51.1 Å². The molecular formula is C34H34ClF4N5O6. The van der Waals surface area contributed by atoms with Gasteiger partial charge in [0.15, 0.2) is 11.6 Å². The maximum atomic E-state index is 14.6. The Hall–Kier alpha value is -5.05. The molecule has 0 saturated carbocycles. The zero-order valence-corrected chi connectivity index (χ0v) is 28.3. The van der Waals surface area contributed by atoms with Crippen molar-refractivity contribution in [2.24, 2.45) is 0 Å². The number of amides is 1. The van der Waals surface area contributed by atoms with Gasteiger partial charge in [-0.3, -0.25) is 9.59 Å². The molecule has 16 heteroatoms. The molecule has 0 bridgehead atoms. The summed E-state index contributed by atoms with van der Waals surface area (Å²) in [5.74, 6) is -2.64. The number of carbonyl (C=O) groups excluding carboxylic acids is 2. The first-order valence-corrected chi connectivity index (χ1v) is 15.8. The summed E-state index contributed by atoms with van der Waals surface area (Å²) in [4.78, 5) is 32.0. The number of carbonyl (C=O) groups is 2. The first-order chi connectivity index (χ1) is 23.6. The lowest BCUT2D eigenvalue weighted by atomic mass is 10.0. The fraction of sp³-hybridized carbons (Fsp3) is 0.353. The maximum absolute atomic E-state index is 14.6. The number of nitrogens with zero attached hydrogens (tertiary/aromatic N) is 4. The minimum Gasteiger partial charge on any atom is -0.497 e. The molecule has 50 heavy (non-hydrogen) atoms. The van der Waals surface area contributed by atoms with Crippen LogP contribution in [-0.4, -0.2) is 58.9 Å². The highest BCUT2D eigenvalue weighted by atomic mass is 35.5. The van der Waals surface area contributed by atoms with E-state index in [1.165, 1.54) is 35.4 Å². The molecule has 2 heterocycles. The zero-order chi connectivity index (χ0) is 36.2. The number of hydrogen-bond acceptors (Lipinski definition) is 9. The lowest BCUT2D eigenvalue weighted by Gasteiger charge is -2.28. The highest BCUT2D eigenvalue weighted by molar-refractivity contribution is 6.30. The van der Waals surface area contributed by atoms with Crippen molar-refractivity contribution in [1.29, 1.82) is 0 Å². The number of benzene rings is 3. The van der Waals surface area contributed by atoms with Crippen LogP contribution in [0.2, 0.25) is 5.02 Å². The fourth-order valence-electron chi connectivity index (χ4n) is 5.34. The number of aromatic nitrogens is 3. The lowest BCUT2D eigenvalue weighted by Crippen LogP contribution is -2.37. The van der Waals surface area contributed by atoms with E-state index in [4.69, 9.17) is 25.8 Å². The predicted molar refractivity (Wildman–Crippen MR) is 175 cm³/mol. The third kappa shape index (κ3) is 9.14. The number of halogens is 5. The largest absolute Gasteiger partial charge is 0.573 e. The van der Waals surface area contributed by atoms with E-state index in [1.807, 2.05) is 0 Å². The Balaban J connectivity index is 1.51. The Morgan fingerprint density at radius 1 is 1.06 bits per heavy atom. The van der Waals surface area contributed by atoms with Gasteiger partial charge in [-0.2, -0.15) is 5.10 Å². The molecule has 0 radical (unpaired) electrons. The molecule has 1 aliphatic rings. The molecule has 11 nitrogen and oxygen atoms in total. The Bertz CT molecular complexity index is 1850. The average Bonchev–Trinajstić information content (AvgIpc) is 3.71. The molecule has 1 unspecified atom stereocenters. The molecule has 5 rings (SSSR count). The van der Waals surface area contributed by atoms with Crippen molar-refractivity contribution >= 4 is 34.9 Å². The Kier molecular flexibility index (Phi) is 10.7. The van der Waals surface area contributed by atoms with Crippen LogP contribution in [0.4, 0.5) is 28.9 Å². The van der Waals surface area contributed by atoms with E-state index in [9.17, 15) is 27.2 Å². The Morgan fingerprint density at radius 3 is 2.52 bits per heavy atom. The molecule has 0 saturated heterocycles. The molecule has 266 valence electrons. The van der Waals surface area contributed by atoms with Crippen LogP contribution in [0.15, 0.2) is 61.2 Å². The van der Waals surface area contributed by atoms with Crippen LogP contribution in [0.1, 0.15) is 50.8 Å². The number of methoxy groups -OCH3 is 1. The van der Waals surface area contributed by atoms with Gasteiger partial charge in [-0.15, -0.1) is 13.2 Å². The number of ether oxygens (including phenoxy) is 4. The second-order valence-electron chi connectivity index (χ2n) is 12.3. The molecule has 1 aliphatic heterocycles. The van der Waals surface area contributed by atoms with E-state index < -0.39 is 41.4 Å². The second kappa shape index (κ2) is 14.8. The first kappa shape index (κ1) is 36.2. The molecule has 4 aromatic rings. The lowest BCUT2D eigenvalue weighted by molar-refractivity contribution is -0.275. The summed E-state index contributed by atoms with van der Waals surface area (Å²) < 4.78 is 76.2. The monoisotopic (exact) mass is 719 g/mol. The average molecular weight is 720 g/mol. The standard InChI is InChI=1S/C34H34ClF4N5O6/c1-33(2,3)50-30(45)6-5-11-48-28-13-21(35)7-8-25(28)31(42-22-14-23(16-24(15-22)47-4)44-19-40-18-41-44)32(46)43-10-9-20-12-26(36)29(17-27(20)43)49-34(37,38)39/h7-8,12-19,31,42H,5-6,9-11H2,1-4H3. The second-order valence-corrected chi connectivity index (χ2v) is 12.7. The molecule has 0 spiro atoms. The molecule has 0 aliphatic carbocycles. The van der Waals surface area contributed by atoms with E-state index in [2.05, 4.69) is 20.1 Å². The van der Waals surface area contributed by atoms with Gasteiger partial charge in [-0.05, 0) is 63.4 Å². The van der Waals surface area contributed by atoms with E-state index >= 15 is 0 Å². The third-order valence-corrected chi connectivity index (χ3v) is 7.61. The van der Waals surface area contributed by atoms with Gasteiger partial charge in [-0.25, -0.2) is 14.1 Å². The summed E-state index contributed by atoms with van der Waals surface area (Å²) in [6.45, 7) is 5.40. The number of hydrogen-bond donors (Lipinski definition) is 1. The normalized spacial score (nSPS) is 13.4. The smallest absolute Gasteiger partial charge is 0.497 e. The van der Waals surface area contributed by atoms with Crippen molar-refractivity contribution in [1.82, 2.24) is 14.8 Å². The van der Waals surface area contributed by atoms with Crippen LogP contribution in [0.5, 0.6) is 17.2 Å². The van der Waals surface area contributed by atoms with Gasteiger partial charge < -0.3 is 29.2 Å². The van der Waals surface area contributed by atoms with Crippen LogP contribution in [0.3, 0.4) is 0 Å². The van der Waals surface area contributed by atoms with Crippen LogP contribution in [-0.2, 0) is 20.7 Å². The van der Waals surface area contributed by atoms with Crippen LogP contribution in [0, 0.1) is 5.82 Å². The molecule has 1 aromatic heterocycles. The third-order valence-electron chi connectivity index (χ3n) is 7.38. The molecule has 1 amide bonds. The Labute approximate surface area is 290 Å². The minimum absolute atomic E-state index is 0.0449. The van der Waals surface area contributed by atoms with E-state index in [0.29, 0.717) is 33.3 Å². The van der Waals surface area contributed by atoms with E-state index in [-0.39, 0.29) is 43.9 Å². The van der Waals surface area contributed by atoms with Gasteiger partial charge >= 0.3 is 12.3 Å². The van der Waals surface area contributed by atoms with Crippen LogP contribution >= 0.6 is 11.6 Å². The summed E-state index contributed by atoms with van der Waals surface area (Å²) in [6.07, 6.45) is -1.78. The minimum atomic E-state index is -5.15. The molecule has 1 atom stereocenters. The number of esters is 1. The van der Waals surface area contributed by atoms with Crippen molar-refractivity contribution < 1.29 is 46.1 Å². The van der Waals surface area contributed by atoms with Crippen molar-refractivity contribution in [3.8, 4) is 22.9 Å². The molecule has 0 fully saturated rings. The number of nitrogens with one attached hydrogen (secondary N) is 1. The fourth-order valence-corrected chi connectivity index (χ4v) is 5.50. The van der Waals surface area contributed by atoms with Gasteiger partial charge in [0.05, 0.1) is 25.1 Å². The van der Waals surface area contributed by atoms with E-state index in [0.717, 1.165) is 12.1 Å². The highest BCUT2D eigenvalue weighted by Gasteiger charge is 2.37. The summed E-state index contributed by atoms with van der Waals surface area (Å²) in [5.41, 5.74) is 1.01. The van der Waals surface area contributed by atoms with Crippen molar-refractivity contribution in [3.63, 3.8) is 0 Å². The summed E-state index contributed by atoms with van der Waals surface area (Å²) in [6, 6.07) is 10.3. The molecule has 1 N–H and O–H groups in total. The van der Waals surface area contributed by atoms with Gasteiger partial charge in [0.2, 0.25) is 0 Å². The maximum Gasteiger partial charge on any atom is 0.573 e. The van der Waals surface area contributed by atoms with Gasteiger partial charge in [0.1, 0.15) is 35.8 Å².